The van der Waals surface area contributed by atoms with Crippen LogP contribution in [-0.2, 0) is 0 Å². The van der Waals surface area contributed by atoms with E-state index in [1.54, 1.807) is 0 Å². The molecule has 22 heteroatoms. The van der Waals surface area contributed by atoms with Crippen LogP contribution in [0.2, 0.25) is 0 Å². The summed E-state index contributed by atoms with van der Waals surface area (Å²) in [6.45, 7) is 0. The molecule has 2 heterocycles. The molecule has 0 spiro atoms. The maximum Gasteiger partial charge on any atom is 1.00 e. The molecule has 0 saturated carbocycles. The SMILES string of the molecule is O.O.O.O.O.O.O.O.O.O=C([O-])c1cc(C(=O)[O-])c2c(n1)C(=O)C(=O)c1cc(C(=O)[O-])[nH]c1-2.[Li+].[Li+].[Li+]. The molecule has 2 aromatic rings. The van der Waals surface area contributed by atoms with Gasteiger partial charge in [0.2, 0.25) is 5.78 Å². The van der Waals surface area contributed by atoms with Crippen molar-refractivity contribution in [1.29, 1.82) is 0 Å². The average Bonchev–Trinajstić information content (AvgIpc) is 2.96. The van der Waals surface area contributed by atoms with Gasteiger partial charge in [-0.3, -0.25) is 9.59 Å². The third-order valence-electron chi connectivity index (χ3n) is 3.40. The van der Waals surface area contributed by atoms with Gasteiger partial charge in [0.15, 0.2) is 0 Å². The number of carbonyl (C=O) groups excluding carboxylic acids is 5. The number of ketones is 2. The van der Waals surface area contributed by atoms with Crippen molar-refractivity contribution in [2.24, 2.45) is 0 Å². The van der Waals surface area contributed by atoms with E-state index >= 15 is 0 Å². The molecule has 0 fully saturated rings. The van der Waals surface area contributed by atoms with E-state index in [9.17, 15) is 39.3 Å². The Morgan fingerprint density at radius 2 is 1.11 bits per heavy atom. The molecular weight excluding hydrogens is 489 g/mol. The van der Waals surface area contributed by atoms with E-state index in [-0.39, 0.29) is 112 Å². The summed E-state index contributed by atoms with van der Waals surface area (Å²) >= 11 is 0. The quantitative estimate of drug-likeness (QED) is 0.302. The normalized spacial score (nSPS) is 8.33. The number of aromatic amines is 1. The number of carboxylic acid groups (broad SMARTS) is 3. The minimum absolute atomic E-state index is 0. The summed E-state index contributed by atoms with van der Waals surface area (Å²) in [5, 5.41) is 33.1. The summed E-state index contributed by atoms with van der Waals surface area (Å²) in [7, 11) is 0. The van der Waals surface area contributed by atoms with E-state index in [1.807, 2.05) is 0 Å². The number of nitrogens with zero attached hydrogens (tertiary/aromatic N) is 1. The summed E-state index contributed by atoms with van der Waals surface area (Å²) in [6, 6.07) is 1.41. The molecule has 1 aliphatic rings. The van der Waals surface area contributed by atoms with Gasteiger partial charge in [0.05, 0.1) is 40.6 Å². The van der Waals surface area contributed by atoms with Crippen molar-refractivity contribution < 1.29 is 145 Å². The number of aromatic carboxylic acids is 3. The van der Waals surface area contributed by atoms with Crippen LogP contribution in [0, 0.1) is 0 Å². The van der Waals surface area contributed by atoms with Crippen LogP contribution in [0.1, 0.15) is 52.2 Å². The van der Waals surface area contributed by atoms with Gasteiger partial charge < -0.3 is 84.0 Å². The third-order valence-corrected chi connectivity index (χ3v) is 3.40. The molecule has 0 amide bonds. The van der Waals surface area contributed by atoms with Crippen LogP contribution in [0.15, 0.2) is 12.1 Å². The van der Waals surface area contributed by atoms with E-state index in [1.165, 1.54) is 0 Å². The summed E-state index contributed by atoms with van der Waals surface area (Å²) in [5.41, 5.74) is -4.09. The fraction of sp³-hybridized carbons (Fsp3) is 0. The fourth-order valence-electron chi connectivity index (χ4n) is 2.40. The fourth-order valence-corrected chi connectivity index (χ4v) is 2.40. The second-order valence-corrected chi connectivity index (χ2v) is 4.77. The predicted octanol–water partition coefficient (Wildman–Crippen LogP) is -19.9. The minimum atomic E-state index is -1.87. The number of fused-ring (bicyclic) bond motifs is 3. The third kappa shape index (κ3) is 10.3. The van der Waals surface area contributed by atoms with E-state index < -0.39 is 63.2 Å². The first-order valence-electron chi connectivity index (χ1n) is 6.23. The van der Waals surface area contributed by atoms with Crippen LogP contribution in [-0.4, -0.2) is 88.7 Å². The van der Waals surface area contributed by atoms with Crippen molar-refractivity contribution in [2.75, 3.05) is 0 Å². The van der Waals surface area contributed by atoms with Crippen molar-refractivity contribution in [2.45, 2.75) is 0 Å². The Balaban J connectivity index is -0.0000000704. The number of pyridine rings is 1. The maximum atomic E-state index is 12.1. The van der Waals surface area contributed by atoms with Gasteiger partial charge >= 0.3 is 56.6 Å². The Kier molecular flexibility index (Phi) is 41.0. The van der Waals surface area contributed by atoms with Crippen LogP contribution in [0.3, 0.4) is 0 Å². The van der Waals surface area contributed by atoms with Crippen molar-refractivity contribution in [3.05, 3.63) is 40.3 Å². The molecule has 0 aliphatic heterocycles. The van der Waals surface area contributed by atoms with E-state index in [0.717, 1.165) is 6.07 Å². The number of aromatic nitrogens is 2. The van der Waals surface area contributed by atoms with E-state index in [0.29, 0.717) is 6.07 Å². The van der Waals surface area contributed by atoms with Gasteiger partial charge in [-0.2, -0.15) is 0 Å². The number of hydrogen-bond acceptors (Lipinski definition) is 9. The van der Waals surface area contributed by atoms with E-state index in [4.69, 9.17) is 0 Å². The number of carboxylic acids is 3. The van der Waals surface area contributed by atoms with Gasteiger partial charge in [0.1, 0.15) is 5.69 Å². The first kappa shape index (κ1) is 64.1. The Labute approximate surface area is 235 Å². The Hall–Kier alpha value is -2.39. The molecule has 0 radical (unpaired) electrons. The topological polar surface area (TPSA) is 467 Å². The molecule has 19 nitrogen and oxygen atoms in total. The smallest absolute Gasteiger partial charge is 0.545 e. The molecule has 0 bridgehead atoms. The second kappa shape index (κ2) is 23.0. The summed E-state index contributed by atoms with van der Waals surface area (Å²) < 4.78 is 0. The van der Waals surface area contributed by atoms with Crippen molar-refractivity contribution in [3.8, 4) is 11.3 Å². The maximum absolute atomic E-state index is 12.1. The van der Waals surface area contributed by atoms with Crippen LogP contribution in [0.4, 0.5) is 0 Å². The molecule has 36 heavy (non-hydrogen) atoms. The number of carbonyl (C=O) groups is 5. The Bertz CT molecular complexity index is 1010. The van der Waals surface area contributed by atoms with Gasteiger partial charge in [-0.05, 0) is 12.1 Å². The van der Waals surface area contributed by atoms with Gasteiger partial charge in [-0.15, -0.1) is 0 Å². The summed E-state index contributed by atoms with van der Waals surface area (Å²) in [4.78, 5) is 62.9. The van der Waals surface area contributed by atoms with Gasteiger partial charge in [-0.1, -0.05) is 0 Å². The summed E-state index contributed by atoms with van der Waals surface area (Å²) in [6.07, 6.45) is 0. The van der Waals surface area contributed by atoms with Crippen molar-refractivity contribution in [3.63, 3.8) is 0 Å². The number of H-pyrrole nitrogens is 1. The molecule has 0 atom stereocenters. The predicted molar refractivity (Wildman–Crippen MR) is 98.2 cm³/mol. The molecule has 192 valence electrons. The van der Waals surface area contributed by atoms with Crippen molar-refractivity contribution in [1.82, 2.24) is 9.97 Å². The first-order valence-corrected chi connectivity index (χ1v) is 6.23. The van der Waals surface area contributed by atoms with Gasteiger partial charge in [0, 0.05) is 11.1 Å². The second-order valence-electron chi connectivity index (χ2n) is 4.77. The first-order chi connectivity index (χ1) is 11.2. The molecule has 0 aromatic carbocycles. The standard InChI is InChI=1S/C14H6N2O8.3Li.9H2O/c17-10-4-2-6(14(23)24)15-8(4)7-3(12(19)20)1-5(13(21)22)16-9(7)11(10)18;;;;;;;;;;;;/h1-2,15H,(H,19,20)(H,21,22)(H,23,24);;;;9*1H2/q;3*+1;;;;;;;;;/p-3. The van der Waals surface area contributed by atoms with Gasteiger partial charge in [0.25, 0.3) is 5.78 Å². The zero-order valence-corrected chi connectivity index (χ0v) is 18.9. The average molecular weight is 510 g/mol. The molecule has 0 unspecified atom stereocenters. The number of hydrogen-bond donors (Lipinski definition) is 1. The minimum Gasteiger partial charge on any atom is -0.545 e. The number of nitrogens with one attached hydrogen (secondary N) is 1. The molecule has 2 aromatic heterocycles. The van der Waals surface area contributed by atoms with Crippen LogP contribution in [0.5, 0.6) is 0 Å². The summed E-state index contributed by atoms with van der Waals surface area (Å²) in [5.74, 6) is -7.87. The molecule has 1 aliphatic carbocycles. The molecular formula is C14H21Li3N2O17. The number of rotatable bonds is 3. The molecule has 19 N–H and O–H groups in total. The largest absolute Gasteiger partial charge is 1.00 e. The van der Waals surface area contributed by atoms with E-state index in [2.05, 4.69) is 9.97 Å². The zero-order valence-electron chi connectivity index (χ0n) is 18.9. The van der Waals surface area contributed by atoms with Crippen LogP contribution in [0.25, 0.3) is 11.3 Å². The van der Waals surface area contributed by atoms with Crippen molar-refractivity contribution >= 4 is 29.5 Å². The Morgan fingerprint density at radius 3 is 1.47 bits per heavy atom. The molecule has 0 saturated heterocycles. The van der Waals surface area contributed by atoms with Crippen LogP contribution < -0.4 is 71.9 Å². The monoisotopic (exact) mass is 510 g/mol. The van der Waals surface area contributed by atoms with Crippen LogP contribution >= 0.6 is 0 Å². The molecule has 3 rings (SSSR count). The number of Topliss-reactive ketones (excluding diaryl/α,β-unsaturated/α-hetero) is 2. The Morgan fingerprint density at radius 1 is 0.667 bits per heavy atom. The van der Waals surface area contributed by atoms with Gasteiger partial charge in [-0.25, -0.2) is 4.98 Å². The zero-order chi connectivity index (χ0) is 17.8.